The molecule has 0 aliphatic carbocycles. The van der Waals surface area contributed by atoms with E-state index in [2.05, 4.69) is 19.4 Å². The molecule has 0 atom stereocenters. The van der Waals surface area contributed by atoms with Crippen LogP contribution in [0.5, 0.6) is 23.0 Å². The van der Waals surface area contributed by atoms with Crippen molar-refractivity contribution < 1.29 is 50.1 Å². The molecule has 37 heavy (non-hydrogen) atoms. The van der Waals surface area contributed by atoms with Gasteiger partial charge in [0.05, 0.1) is 26.1 Å². The molecule has 0 bridgehead atoms. The number of aromatic amines is 1. The molecule has 1 N–H and O–H groups in total. The van der Waals surface area contributed by atoms with E-state index >= 15 is 0 Å². The van der Waals surface area contributed by atoms with Gasteiger partial charge in [0.1, 0.15) is 17.0 Å². The first-order valence-electron chi connectivity index (χ1n) is 10.2. The van der Waals surface area contributed by atoms with Crippen LogP contribution >= 0.6 is 0 Å². The highest BCUT2D eigenvalue weighted by molar-refractivity contribution is 5.91. The number of rotatable bonds is 6. The van der Waals surface area contributed by atoms with Crippen molar-refractivity contribution in [1.29, 1.82) is 0 Å². The lowest BCUT2D eigenvalue weighted by molar-refractivity contribution is -0.274. The zero-order valence-electron chi connectivity index (χ0n) is 19.6. The summed E-state index contributed by atoms with van der Waals surface area (Å²) in [6.07, 6.45) is -9.10. The molecule has 0 spiro atoms. The predicted molar refractivity (Wildman–Crippen MR) is 116 cm³/mol. The number of nitrogens with zero attached hydrogens (tertiary/aromatic N) is 1. The van der Waals surface area contributed by atoms with Crippen LogP contribution in [0, 0.1) is 13.8 Å². The van der Waals surface area contributed by atoms with E-state index in [1.807, 2.05) is 0 Å². The molecule has 0 radical (unpaired) electrons. The first-order chi connectivity index (χ1) is 17.2. The number of nitrogens with one attached hydrogen (secondary N) is 1. The van der Waals surface area contributed by atoms with Crippen LogP contribution in [0.15, 0.2) is 35.3 Å². The molecule has 0 amide bonds. The molecule has 0 aliphatic heterocycles. The number of ether oxygens (including phenoxy) is 4. The zero-order valence-corrected chi connectivity index (χ0v) is 19.6. The lowest BCUT2D eigenvalue weighted by Crippen LogP contribution is -2.19. The quantitative estimate of drug-likeness (QED) is 0.328. The van der Waals surface area contributed by atoms with E-state index in [0.717, 1.165) is 51.6 Å². The van der Waals surface area contributed by atoms with Gasteiger partial charge in [0.25, 0.3) is 0 Å². The Morgan fingerprint density at radius 2 is 1.65 bits per heavy atom. The molecule has 2 heterocycles. The maximum Gasteiger partial charge on any atom is 0.573 e. The van der Waals surface area contributed by atoms with E-state index in [0.29, 0.717) is 0 Å². The molecule has 0 unspecified atom stereocenters. The van der Waals surface area contributed by atoms with Crippen molar-refractivity contribution in [2.75, 3.05) is 14.2 Å². The van der Waals surface area contributed by atoms with Crippen molar-refractivity contribution in [3.63, 3.8) is 0 Å². The molecule has 0 saturated heterocycles. The monoisotopic (exact) mass is 532 g/mol. The van der Waals surface area contributed by atoms with E-state index in [-0.39, 0.29) is 39.8 Å². The largest absolute Gasteiger partial charge is 0.573 e. The third-order valence-corrected chi connectivity index (χ3v) is 5.02. The van der Waals surface area contributed by atoms with Gasteiger partial charge in [-0.2, -0.15) is 13.2 Å². The van der Waals surface area contributed by atoms with Crippen LogP contribution < -0.4 is 19.6 Å². The summed E-state index contributed by atoms with van der Waals surface area (Å²) in [6.45, 7) is 2.44. The number of halogens is 6. The van der Waals surface area contributed by atoms with Crippen LogP contribution in [-0.4, -0.2) is 36.5 Å². The smallest absolute Gasteiger partial charge is 0.493 e. The molecule has 0 saturated carbocycles. The van der Waals surface area contributed by atoms with Crippen molar-refractivity contribution in [3.8, 4) is 34.3 Å². The van der Waals surface area contributed by atoms with Crippen LogP contribution in [0.4, 0.5) is 26.3 Å². The lowest BCUT2D eigenvalue weighted by atomic mass is 10.0. The standard InChI is InChI=1S/C23H18F6N2O6/c1-10-18(13-8-14(32)19(11(2)31-13)21(33)35-4)17(9-30-20(10)22(24,25)26)36-15-6-5-12(7-16(15)34-3)37-23(27,28)29/h5-9H,1-4H3,(H,31,32). The lowest BCUT2D eigenvalue weighted by Gasteiger charge is -2.19. The number of esters is 1. The number of alkyl halides is 6. The summed E-state index contributed by atoms with van der Waals surface area (Å²) in [4.78, 5) is 30.7. The average molecular weight is 532 g/mol. The van der Waals surface area contributed by atoms with Gasteiger partial charge in [-0.05, 0) is 31.5 Å². The first-order valence-corrected chi connectivity index (χ1v) is 10.2. The minimum atomic E-state index is -4.98. The third-order valence-electron chi connectivity index (χ3n) is 5.02. The highest BCUT2D eigenvalue weighted by Crippen LogP contribution is 2.43. The summed E-state index contributed by atoms with van der Waals surface area (Å²) in [6, 6.07) is 3.72. The van der Waals surface area contributed by atoms with Gasteiger partial charge in [0.2, 0.25) is 0 Å². The molecule has 14 heteroatoms. The van der Waals surface area contributed by atoms with E-state index in [1.54, 1.807) is 0 Å². The van der Waals surface area contributed by atoms with Gasteiger partial charge in [-0.3, -0.25) is 4.79 Å². The molecule has 0 fully saturated rings. The van der Waals surface area contributed by atoms with Gasteiger partial charge in [-0.1, -0.05) is 0 Å². The Bertz CT molecular complexity index is 1400. The maximum atomic E-state index is 13.6. The van der Waals surface area contributed by atoms with Crippen molar-refractivity contribution >= 4 is 5.97 Å². The van der Waals surface area contributed by atoms with Crippen LogP contribution in [0.1, 0.15) is 27.3 Å². The van der Waals surface area contributed by atoms with Gasteiger partial charge < -0.3 is 23.9 Å². The second-order valence-electron chi connectivity index (χ2n) is 7.47. The number of carbonyl (C=O) groups is 1. The van der Waals surface area contributed by atoms with Crippen molar-refractivity contribution in [2.24, 2.45) is 0 Å². The normalized spacial score (nSPS) is 11.7. The van der Waals surface area contributed by atoms with Crippen molar-refractivity contribution in [3.05, 3.63) is 63.2 Å². The number of methoxy groups -OCH3 is 2. The SMILES string of the molecule is COC(=O)c1c(C)[nH]c(-c2c(Oc3ccc(OC(F)(F)F)cc3OC)cnc(C(F)(F)F)c2C)cc1=O. The fourth-order valence-corrected chi connectivity index (χ4v) is 3.51. The van der Waals surface area contributed by atoms with Gasteiger partial charge in [-0.25, -0.2) is 9.78 Å². The Hall–Kier alpha value is -4.23. The fourth-order valence-electron chi connectivity index (χ4n) is 3.51. The molecular weight excluding hydrogens is 514 g/mol. The van der Waals surface area contributed by atoms with Gasteiger partial charge >= 0.3 is 18.5 Å². The number of aromatic nitrogens is 2. The van der Waals surface area contributed by atoms with Crippen molar-refractivity contribution in [2.45, 2.75) is 26.4 Å². The second-order valence-corrected chi connectivity index (χ2v) is 7.47. The Kier molecular flexibility index (Phi) is 7.41. The maximum absolute atomic E-state index is 13.6. The number of H-pyrrole nitrogens is 1. The number of carbonyl (C=O) groups excluding carboxylic acids is 1. The minimum Gasteiger partial charge on any atom is -0.493 e. The number of hydrogen-bond acceptors (Lipinski definition) is 7. The van der Waals surface area contributed by atoms with Gasteiger partial charge in [0, 0.05) is 23.4 Å². The molecule has 2 aromatic heterocycles. The molecule has 1 aromatic carbocycles. The van der Waals surface area contributed by atoms with E-state index in [4.69, 9.17) is 9.47 Å². The molecule has 0 aliphatic rings. The number of aryl methyl sites for hydroxylation is 1. The van der Waals surface area contributed by atoms with Gasteiger partial charge in [0.15, 0.2) is 22.7 Å². The number of hydrogen-bond donors (Lipinski definition) is 1. The van der Waals surface area contributed by atoms with Crippen LogP contribution in [0.25, 0.3) is 11.3 Å². The average Bonchev–Trinajstić information content (AvgIpc) is 2.77. The molecule has 198 valence electrons. The van der Waals surface area contributed by atoms with E-state index in [1.165, 1.54) is 6.92 Å². The summed E-state index contributed by atoms with van der Waals surface area (Å²) in [5, 5.41) is 0. The van der Waals surface area contributed by atoms with Crippen LogP contribution in [-0.2, 0) is 10.9 Å². The van der Waals surface area contributed by atoms with Gasteiger partial charge in [-0.15, -0.1) is 13.2 Å². The summed E-state index contributed by atoms with van der Waals surface area (Å²) >= 11 is 0. The summed E-state index contributed by atoms with van der Waals surface area (Å²) in [5.74, 6) is -2.30. The molecule has 8 nitrogen and oxygen atoms in total. The Morgan fingerprint density at radius 3 is 2.19 bits per heavy atom. The van der Waals surface area contributed by atoms with Crippen LogP contribution in [0.2, 0.25) is 0 Å². The number of benzene rings is 1. The first kappa shape index (κ1) is 27.4. The second kappa shape index (κ2) is 10.0. The van der Waals surface area contributed by atoms with E-state index in [9.17, 15) is 35.9 Å². The Labute approximate surface area is 204 Å². The van der Waals surface area contributed by atoms with Crippen LogP contribution in [0.3, 0.4) is 0 Å². The summed E-state index contributed by atoms with van der Waals surface area (Å²) in [5.41, 5.74) is -3.26. The summed E-state index contributed by atoms with van der Waals surface area (Å²) < 4.78 is 97.6. The highest BCUT2D eigenvalue weighted by Gasteiger charge is 2.37. The molecular formula is C23H18F6N2O6. The third kappa shape index (κ3) is 5.95. The van der Waals surface area contributed by atoms with E-state index < -0.39 is 40.9 Å². The number of pyridine rings is 2. The molecule has 3 rings (SSSR count). The predicted octanol–water partition coefficient (Wildman–Crippen LogP) is 5.56. The van der Waals surface area contributed by atoms with Crippen molar-refractivity contribution in [1.82, 2.24) is 9.97 Å². The minimum absolute atomic E-state index is 0.0105. The zero-order chi connectivity index (χ0) is 27.7. The Balaban J connectivity index is 2.20. The topological polar surface area (TPSA) is 99.7 Å². The Morgan fingerprint density at radius 1 is 0.973 bits per heavy atom. The highest BCUT2D eigenvalue weighted by atomic mass is 19.4. The molecule has 3 aromatic rings. The summed E-state index contributed by atoms with van der Waals surface area (Å²) in [7, 11) is 2.19. The fraction of sp³-hybridized carbons (Fsp3) is 0.261.